The van der Waals surface area contributed by atoms with Crippen LogP contribution in [0.5, 0.6) is 0 Å². The Balaban J connectivity index is 1.50. The standard InChI is InChI=1S/C23H23N3O3/c1-15(26-12-9-17(10-13-26)18-6-5-11-24-14-18)23(28)25-21-19-7-3-4-8-20(19)29-22(21)16(2)27/h3-9,11,14-15H,10,12-13H2,1-2H3,(H,25,28)/t15-/m0/s1. The maximum Gasteiger partial charge on any atom is 0.241 e. The maximum absolute atomic E-state index is 12.9. The molecule has 0 aliphatic carbocycles. The van der Waals surface area contributed by atoms with E-state index in [4.69, 9.17) is 4.42 Å². The lowest BCUT2D eigenvalue weighted by atomic mass is 10.00. The molecule has 1 aromatic carbocycles. The van der Waals surface area contributed by atoms with E-state index >= 15 is 0 Å². The molecule has 0 saturated heterocycles. The van der Waals surface area contributed by atoms with Crippen LogP contribution in [0, 0.1) is 0 Å². The van der Waals surface area contributed by atoms with E-state index < -0.39 is 0 Å². The molecule has 1 amide bonds. The first kappa shape index (κ1) is 19.1. The van der Waals surface area contributed by atoms with E-state index in [1.807, 2.05) is 37.4 Å². The fourth-order valence-electron chi connectivity index (χ4n) is 3.66. The summed E-state index contributed by atoms with van der Waals surface area (Å²) in [6.07, 6.45) is 6.64. The Hall–Kier alpha value is -3.25. The molecule has 6 heteroatoms. The van der Waals surface area contributed by atoms with Crippen LogP contribution in [-0.4, -0.2) is 40.7 Å². The predicted octanol–water partition coefficient (Wildman–Crippen LogP) is 4.15. The fourth-order valence-corrected chi connectivity index (χ4v) is 3.66. The zero-order valence-electron chi connectivity index (χ0n) is 16.5. The molecule has 4 rings (SSSR count). The second kappa shape index (κ2) is 8.01. The van der Waals surface area contributed by atoms with Gasteiger partial charge in [-0.15, -0.1) is 0 Å². The van der Waals surface area contributed by atoms with Gasteiger partial charge in [0.1, 0.15) is 5.58 Å². The number of aromatic nitrogens is 1. The monoisotopic (exact) mass is 389 g/mol. The van der Waals surface area contributed by atoms with E-state index in [0.717, 1.165) is 23.9 Å². The van der Waals surface area contributed by atoms with Crippen molar-refractivity contribution in [1.82, 2.24) is 9.88 Å². The van der Waals surface area contributed by atoms with Crippen LogP contribution < -0.4 is 5.32 Å². The summed E-state index contributed by atoms with van der Waals surface area (Å²) in [6.45, 7) is 4.78. The van der Waals surface area contributed by atoms with E-state index in [9.17, 15) is 9.59 Å². The Morgan fingerprint density at radius 2 is 2.03 bits per heavy atom. The number of nitrogens with zero attached hydrogens (tertiary/aromatic N) is 2. The molecule has 29 heavy (non-hydrogen) atoms. The molecule has 3 heterocycles. The van der Waals surface area contributed by atoms with Gasteiger partial charge < -0.3 is 9.73 Å². The fraction of sp³-hybridized carbons (Fsp3) is 0.261. The van der Waals surface area contributed by atoms with Crippen LogP contribution in [0.2, 0.25) is 0 Å². The summed E-state index contributed by atoms with van der Waals surface area (Å²) in [5, 5.41) is 3.66. The van der Waals surface area contributed by atoms with Gasteiger partial charge in [0.15, 0.2) is 11.5 Å². The molecular weight excluding hydrogens is 366 g/mol. The summed E-state index contributed by atoms with van der Waals surface area (Å²) in [7, 11) is 0. The van der Waals surface area contributed by atoms with Crippen molar-refractivity contribution in [3.8, 4) is 0 Å². The molecule has 0 fully saturated rings. The zero-order chi connectivity index (χ0) is 20.4. The molecule has 1 aliphatic heterocycles. The number of amides is 1. The number of hydrogen-bond donors (Lipinski definition) is 1. The molecule has 0 radical (unpaired) electrons. The van der Waals surface area contributed by atoms with Gasteiger partial charge >= 0.3 is 0 Å². The second-order valence-electron chi connectivity index (χ2n) is 7.24. The first-order chi connectivity index (χ1) is 14.0. The number of benzene rings is 1. The summed E-state index contributed by atoms with van der Waals surface area (Å²) in [5.41, 5.74) is 3.41. The van der Waals surface area contributed by atoms with Crippen molar-refractivity contribution in [3.63, 3.8) is 0 Å². The summed E-state index contributed by atoms with van der Waals surface area (Å²) < 4.78 is 5.66. The third-order valence-corrected chi connectivity index (χ3v) is 5.36. The van der Waals surface area contributed by atoms with Crippen LogP contribution in [0.4, 0.5) is 5.69 Å². The lowest BCUT2D eigenvalue weighted by Gasteiger charge is -2.31. The molecular formula is C23H23N3O3. The van der Waals surface area contributed by atoms with Gasteiger partial charge in [-0.05, 0) is 42.7 Å². The van der Waals surface area contributed by atoms with Crippen molar-refractivity contribution >= 4 is 33.9 Å². The minimum Gasteiger partial charge on any atom is -0.451 e. The highest BCUT2D eigenvalue weighted by Crippen LogP contribution is 2.31. The molecule has 1 atom stereocenters. The molecule has 0 saturated carbocycles. The number of nitrogens with one attached hydrogen (secondary N) is 1. The third kappa shape index (κ3) is 3.84. The number of para-hydroxylation sites is 1. The maximum atomic E-state index is 12.9. The van der Waals surface area contributed by atoms with Crippen molar-refractivity contribution in [2.45, 2.75) is 26.3 Å². The van der Waals surface area contributed by atoms with Crippen molar-refractivity contribution in [3.05, 3.63) is 66.2 Å². The summed E-state index contributed by atoms with van der Waals surface area (Å²) >= 11 is 0. The lowest BCUT2D eigenvalue weighted by molar-refractivity contribution is -0.120. The number of fused-ring (bicyclic) bond motifs is 1. The number of carbonyl (C=O) groups excluding carboxylic acids is 2. The van der Waals surface area contributed by atoms with Crippen LogP contribution in [0.3, 0.4) is 0 Å². The van der Waals surface area contributed by atoms with Crippen LogP contribution in [0.1, 0.15) is 36.4 Å². The molecule has 0 bridgehead atoms. The average molecular weight is 389 g/mol. The summed E-state index contributed by atoms with van der Waals surface area (Å²) in [6, 6.07) is 11.0. The largest absolute Gasteiger partial charge is 0.451 e. The zero-order valence-corrected chi connectivity index (χ0v) is 16.5. The minimum atomic E-state index is -0.338. The van der Waals surface area contributed by atoms with E-state index in [1.165, 1.54) is 12.5 Å². The van der Waals surface area contributed by atoms with Gasteiger partial charge in [-0.2, -0.15) is 0 Å². The number of furan rings is 1. The van der Waals surface area contributed by atoms with Gasteiger partial charge in [-0.3, -0.25) is 19.5 Å². The normalized spacial score (nSPS) is 15.7. The smallest absolute Gasteiger partial charge is 0.241 e. The van der Waals surface area contributed by atoms with E-state index in [-0.39, 0.29) is 23.5 Å². The number of ketones is 1. The van der Waals surface area contributed by atoms with Gasteiger partial charge in [0.2, 0.25) is 5.91 Å². The number of pyridine rings is 1. The first-order valence-corrected chi connectivity index (χ1v) is 9.71. The predicted molar refractivity (Wildman–Crippen MR) is 113 cm³/mol. The van der Waals surface area contributed by atoms with E-state index in [0.29, 0.717) is 17.8 Å². The molecule has 6 nitrogen and oxygen atoms in total. The van der Waals surface area contributed by atoms with Gasteiger partial charge in [-0.25, -0.2) is 0 Å². The van der Waals surface area contributed by atoms with Crippen molar-refractivity contribution in [2.75, 3.05) is 18.4 Å². The summed E-state index contributed by atoms with van der Waals surface area (Å²) in [5.74, 6) is -0.187. The number of carbonyl (C=O) groups is 2. The van der Waals surface area contributed by atoms with Gasteiger partial charge in [0, 0.05) is 37.8 Å². The molecule has 148 valence electrons. The topological polar surface area (TPSA) is 75.4 Å². The SMILES string of the molecule is CC(=O)c1oc2ccccc2c1NC(=O)[C@H](C)N1CC=C(c2cccnc2)CC1. The third-order valence-electron chi connectivity index (χ3n) is 5.36. The Labute approximate surface area is 169 Å². The molecule has 1 N–H and O–H groups in total. The van der Waals surface area contributed by atoms with Crippen molar-refractivity contribution < 1.29 is 14.0 Å². The van der Waals surface area contributed by atoms with E-state index in [2.05, 4.69) is 27.3 Å². The lowest BCUT2D eigenvalue weighted by Crippen LogP contribution is -2.44. The molecule has 0 spiro atoms. The van der Waals surface area contributed by atoms with Crippen molar-refractivity contribution in [1.29, 1.82) is 0 Å². The first-order valence-electron chi connectivity index (χ1n) is 9.71. The Morgan fingerprint density at radius 1 is 1.21 bits per heavy atom. The van der Waals surface area contributed by atoms with Gasteiger partial charge in [-0.1, -0.05) is 24.3 Å². The Morgan fingerprint density at radius 3 is 2.72 bits per heavy atom. The molecule has 0 unspecified atom stereocenters. The number of rotatable bonds is 5. The van der Waals surface area contributed by atoms with Crippen LogP contribution >= 0.6 is 0 Å². The van der Waals surface area contributed by atoms with Gasteiger partial charge in [0.05, 0.1) is 11.7 Å². The summed E-state index contributed by atoms with van der Waals surface area (Å²) in [4.78, 5) is 31.2. The highest BCUT2D eigenvalue weighted by atomic mass is 16.3. The number of hydrogen-bond acceptors (Lipinski definition) is 5. The minimum absolute atomic E-state index is 0.155. The number of Topliss-reactive ketones (excluding diaryl/α,β-unsaturated/α-hetero) is 1. The number of anilines is 1. The molecule has 3 aromatic rings. The van der Waals surface area contributed by atoms with Crippen molar-refractivity contribution in [2.24, 2.45) is 0 Å². The second-order valence-corrected chi connectivity index (χ2v) is 7.24. The highest BCUT2D eigenvalue weighted by Gasteiger charge is 2.26. The molecule has 2 aromatic heterocycles. The van der Waals surface area contributed by atoms with Gasteiger partial charge in [0.25, 0.3) is 0 Å². The quantitative estimate of drug-likeness (QED) is 0.664. The Bertz CT molecular complexity index is 1090. The Kier molecular flexibility index (Phi) is 5.27. The average Bonchev–Trinajstić information content (AvgIpc) is 3.13. The van der Waals surface area contributed by atoms with Crippen LogP contribution in [-0.2, 0) is 4.79 Å². The van der Waals surface area contributed by atoms with Crippen LogP contribution in [0.25, 0.3) is 16.5 Å². The highest BCUT2D eigenvalue weighted by molar-refractivity contribution is 6.11. The van der Waals surface area contributed by atoms with Crippen LogP contribution in [0.15, 0.2) is 59.3 Å². The van der Waals surface area contributed by atoms with E-state index in [1.54, 1.807) is 12.3 Å². The molecule has 1 aliphatic rings.